The number of fused-ring (bicyclic) bond motifs is 1. The van der Waals surface area contributed by atoms with Gasteiger partial charge >= 0.3 is 10.2 Å². The fraction of sp³-hybridized carbons (Fsp3) is 0.455. The molecule has 0 unspecified atom stereocenters. The highest BCUT2D eigenvalue weighted by Gasteiger charge is 2.28. The van der Waals surface area contributed by atoms with Gasteiger partial charge in [0.1, 0.15) is 0 Å². The van der Waals surface area contributed by atoms with Crippen LogP contribution in [0.3, 0.4) is 0 Å². The SMILES string of the molecule is O=S1(=O)NCCN1c1ccc2c(c1)NCCC2. The summed E-state index contributed by atoms with van der Waals surface area (Å²) in [5.41, 5.74) is 3.07. The second-order valence-corrected chi connectivity index (χ2v) is 6.02. The number of rotatable bonds is 1. The Bertz CT molecular complexity index is 542. The highest BCUT2D eigenvalue weighted by atomic mass is 32.2. The minimum atomic E-state index is -3.31. The average molecular weight is 253 g/mol. The molecule has 2 N–H and O–H groups in total. The van der Waals surface area contributed by atoms with Crippen LogP contribution in [0, 0.1) is 0 Å². The molecule has 0 atom stereocenters. The van der Waals surface area contributed by atoms with Gasteiger partial charge in [-0.05, 0) is 30.5 Å². The van der Waals surface area contributed by atoms with Crippen molar-refractivity contribution in [1.29, 1.82) is 0 Å². The van der Waals surface area contributed by atoms with E-state index in [0.29, 0.717) is 13.1 Å². The van der Waals surface area contributed by atoms with E-state index in [9.17, 15) is 8.42 Å². The van der Waals surface area contributed by atoms with E-state index in [1.54, 1.807) is 0 Å². The molecule has 0 aliphatic carbocycles. The highest BCUT2D eigenvalue weighted by molar-refractivity contribution is 7.91. The second-order valence-electron chi connectivity index (χ2n) is 4.34. The molecule has 6 heteroatoms. The first-order valence-electron chi connectivity index (χ1n) is 5.81. The Morgan fingerprint density at radius 3 is 2.88 bits per heavy atom. The molecule has 2 heterocycles. The Balaban J connectivity index is 1.99. The number of benzene rings is 1. The van der Waals surface area contributed by atoms with Crippen LogP contribution in [-0.4, -0.2) is 28.1 Å². The summed E-state index contributed by atoms with van der Waals surface area (Å²) < 4.78 is 27.4. The predicted molar refractivity (Wildman–Crippen MR) is 67.5 cm³/mol. The minimum absolute atomic E-state index is 0.479. The van der Waals surface area contributed by atoms with Gasteiger partial charge in [0.25, 0.3) is 0 Å². The molecular weight excluding hydrogens is 238 g/mol. The maximum atomic E-state index is 11.7. The zero-order chi connectivity index (χ0) is 11.9. The van der Waals surface area contributed by atoms with Crippen LogP contribution in [0.1, 0.15) is 12.0 Å². The van der Waals surface area contributed by atoms with Crippen molar-refractivity contribution in [3.05, 3.63) is 23.8 Å². The van der Waals surface area contributed by atoms with Gasteiger partial charge in [0.15, 0.2) is 0 Å². The lowest BCUT2D eigenvalue weighted by molar-refractivity contribution is 0.591. The molecule has 92 valence electrons. The van der Waals surface area contributed by atoms with E-state index in [1.807, 2.05) is 18.2 Å². The number of aryl methyl sites for hydroxylation is 1. The Labute approximate surface area is 101 Å². The average Bonchev–Trinajstić information content (AvgIpc) is 2.68. The summed E-state index contributed by atoms with van der Waals surface area (Å²) in [6, 6.07) is 5.83. The molecule has 0 spiro atoms. The number of nitrogens with zero attached hydrogens (tertiary/aromatic N) is 1. The molecule has 0 amide bonds. The molecule has 0 saturated carbocycles. The van der Waals surface area contributed by atoms with Gasteiger partial charge in [-0.3, -0.25) is 4.31 Å². The maximum Gasteiger partial charge on any atom is 0.301 e. The summed E-state index contributed by atoms with van der Waals surface area (Å²) >= 11 is 0. The molecule has 2 aliphatic rings. The van der Waals surface area contributed by atoms with Crippen molar-refractivity contribution >= 4 is 21.6 Å². The van der Waals surface area contributed by atoms with Gasteiger partial charge in [-0.15, -0.1) is 0 Å². The molecular formula is C11H15N3O2S. The van der Waals surface area contributed by atoms with Gasteiger partial charge in [-0.2, -0.15) is 13.1 Å². The second kappa shape index (κ2) is 3.89. The predicted octanol–water partition coefficient (Wildman–Crippen LogP) is 0.699. The third kappa shape index (κ3) is 1.87. The van der Waals surface area contributed by atoms with Gasteiger partial charge in [0.2, 0.25) is 0 Å². The Morgan fingerprint density at radius 1 is 1.24 bits per heavy atom. The third-order valence-electron chi connectivity index (χ3n) is 3.21. The van der Waals surface area contributed by atoms with Crippen LogP contribution in [0.2, 0.25) is 0 Å². The highest BCUT2D eigenvalue weighted by Crippen LogP contribution is 2.29. The number of anilines is 2. The van der Waals surface area contributed by atoms with E-state index in [2.05, 4.69) is 10.0 Å². The van der Waals surface area contributed by atoms with Crippen LogP contribution >= 0.6 is 0 Å². The zero-order valence-electron chi connectivity index (χ0n) is 9.44. The molecule has 0 radical (unpaired) electrons. The monoisotopic (exact) mass is 253 g/mol. The van der Waals surface area contributed by atoms with E-state index in [4.69, 9.17) is 0 Å². The standard InChI is InChI=1S/C11H15N3O2S/c15-17(16)13-6-7-14(17)10-4-3-9-2-1-5-12-11(9)8-10/h3-4,8,12-13H,1-2,5-7H2. The smallest absolute Gasteiger partial charge is 0.301 e. The van der Waals surface area contributed by atoms with Crippen LogP contribution in [0.25, 0.3) is 0 Å². The Hall–Kier alpha value is -1.27. The molecule has 5 nitrogen and oxygen atoms in total. The first-order chi connectivity index (χ1) is 8.17. The van der Waals surface area contributed by atoms with E-state index in [1.165, 1.54) is 9.87 Å². The van der Waals surface area contributed by atoms with Crippen molar-refractivity contribution in [3.63, 3.8) is 0 Å². The fourth-order valence-corrected chi connectivity index (χ4v) is 3.57. The van der Waals surface area contributed by atoms with Gasteiger partial charge in [0, 0.05) is 25.3 Å². The summed E-state index contributed by atoms with van der Waals surface area (Å²) in [4.78, 5) is 0. The summed E-state index contributed by atoms with van der Waals surface area (Å²) in [6.45, 7) is 1.94. The third-order valence-corrected chi connectivity index (χ3v) is 4.75. The van der Waals surface area contributed by atoms with E-state index in [0.717, 1.165) is 30.8 Å². The van der Waals surface area contributed by atoms with E-state index >= 15 is 0 Å². The van der Waals surface area contributed by atoms with Crippen molar-refractivity contribution < 1.29 is 8.42 Å². The van der Waals surface area contributed by atoms with Crippen molar-refractivity contribution in [3.8, 4) is 0 Å². The first kappa shape index (κ1) is 10.9. The molecule has 1 fully saturated rings. The Morgan fingerprint density at radius 2 is 2.12 bits per heavy atom. The van der Waals surface area contributed by atoms with Gasteiger partial charge in [-0.25, -0.2) is 0 Å². The van der Waals surface area contributed by atoms with Gasteiger partial charge in [-0.1, -0.05) is 6.07 Å². The fourth-order valence-electron chi connectivity index (χ4n) is 2.35. The maximum absolute atomic E-state index is 11.7. The molecule has 1 saturated heterocycles. The Kier molecular flexibility index (Phi) is 2.48. The molecule has 2 aliphatic heterocycles. The number of nitrogens with one attached hydrogen (secondary N) is 2. The lowest BCUT2D eigenvalue weighted by Crippen LogP contribution is -2.29. The molecule has 0 aromatic heterocycles. The van der Waals surface area contributed by atoms with Crippen molar-refractivity contribution in [2.75, 3.05) is 29.3 Å². The van der Waals surface area contributed by atoms with Gasteiger partial charge < -0.3 is 5.32 Å². The lowest BCUT2D eigenvalue weighted by Gasteiger charge is -2.22. The van der Waals surface area contributed by atoms with Crippen LogP contribution in [0.5, 0.6) is 0 Å². The molecule has 3 rings (SSSR count). The van der Waals surface area contributed by atoms with E-state index in [-0.39, 0.29) is 0 Å². The summed E-state index contributed by atoms with van der Waals surface area (Å²) in [6.07, 6.45) is 2.20. The molecule has 17 heavy (non-hydrogen) atoms. The largest absolute Gasteiger partial charge is 0.385 e. The van der Waals surface area contributed by atoms with Crippen LogP contribution in [0.4, 0.5) is 11.4 Å². The first-order valence-corrected chi connectivity index (χ1v) is 7.25. The lowest BCUT2D eigenvalue weighted by atomic mass is 10.0. The number of hydrogen-bond acceptors (Lipinski definition) is 3. The zero-order valence-corrected chi connectivity index (χ0v) is 10.3. The van der Waals surface area contributed by atoms with Crippen LogP contribution in [-0.2, 0) is 16.6 Å². The number of hydrogen-bond donors (Lipinski definition) is 2. The van der Waals surface area contributed by atoms with Crippen molar-refractivity contribution in [2.45, 2.75) is 12.8 Å². The minimum Gasteiger partial charge on any atom is -0.385 e. The quantitative estimate of drug-likeness (QED) is 0.774. The van der Waals surface area contributed by atoms with Crippen molar-refractivity contribution in [1.82, 2.24) is 4.72 Å². The van der Waals surface area contributed by atoms with E-state index < -0.39 is 10.2 Å². The summed E-state index contributed by atoms with van der Waals surface area (Å²) in [7, 11) is -3.31. The van der Waals surface area contributed by atoms with Crippen LogP contribution < -0.4 is 14.3 Å². The normalized spacial score (nSPS) is 22.0. The van der Waals surface area contributed by atoms with Crippen LogP contribution in [0.15, 0.2) is 18.2 Å². The van der Waals surface area contributed by atoms with Gasteiger partial charge in [0.05, 0.1) is 5.69 Å². The summed E-state index contributed by atoms with van der Waals surface area (Å²) in [5.74, 6) is 0. The van der Waals surface area contributed by atoms with Crippen molar-refractivity contribution in [2.24, 2.45) is 0 Å². The topological polar surface area (TPSA) is 61.4 Å². The molecule has 0 bridgehead atoms. The molecule has 1 aromatic carbocycles. The summed E-state index contributed by atoms with van der Waals surface area (Å²) in [5, 5.41) is 3.31. The molecule has 1 aromatic rings.